The SMILES string of the molecule is O=C(NCCCN1CCCC1)c1cccc(Cl)c1[N+](=O)[O-]. The van der Waals surface area contributed by atoms with Crippen molar-refractivity contribution in [3.8, 4) is 0 Å². The van der Waals surface area contributed by atoms with E-state index in [1.54, 1.807) is 0 Å². The van der Waals surface area contributed by atoms with Crippen LogP contribution < -0.4 is 5.32 Å². The van der Waals surface area contributed by atoms with Crippen LogP contribution in [-0.2, 0) is 0 Å². The zero-order chi connectivity index (χ0) is 15.2. The molecule has 1 aliphatic heterocycles. The molecular weight excluding hydrogens is 294 g/mol. The predicted molar refractivity (Wildman–Crippen MR) is 80.7 cm³/mol. The summed E-state index contributed by atoms with van der Waals surface area (Å²) in [4.78, 5) is 24.7. The normalized spacial score (nSPS) is 15.1. The third-order valence-corrected chi connectivity index (χ3v) is 3.85. The van der Waals surface area contributed by atoms with Crippen molar-refractivity contribution >= 4 is 23.2 Å². The summed E-state index contributed by atoms with van der Waals surface area (Å²) < 4.78 is 0. The summed E-state index contributed by atoms with van der Waals surface area (Å²) in [6, 6.07) is 4.36. The van der Waals surface area contributed by atoms with Crippen LogP contribution in [0.2, 0.25) is 5.02 Å². The van der Waals surface area contributed by atoms with Crippen LogP contribution in [0.15, 0.2) is 18.2 Å². The summed E-state index contributed by atoms with van der Waals surface area (Å²) in [5.74, 6) is -0.453. The smallest absolute Gasteiger partial charge is 0.300 e. The second-order valence-corrected chi connectivity index (χ2v) is 5.46. The molecule has 1 N–H and O–H groups in total. The zero-order valence-electron chi connectivity index (χ0n) is 11.7. The van der Waals surface area contributed by atoms with Crippen LogP contribution in [0.3, 0.4) is 0 Å². The average Bonchev–Trinajstić information content (AvgIpc) is 2.95. The molecule has 1 aromatic rings. The fraction of sp³-hybridized carbons (Fsp3) is 0.500. The summed E-state index contributed by atoms with van der Waals surface area (Å²) in [5, 5.41) is 13.7. The molecule has 1 fully saturated rings. The number of hydrogen-bond acceptors (Lipinski definition) is 4. The van der Waals surface area contributed by atoms with Crippen LogP contribution in [0, 0.1) is 10.1 Å². The van der Waals surface area contributed by atoms with E-state index < -0.39 is 10.8 Å². The number of nitro groups is 1. The molecule has 0 bridgehead atoms. The summed E-state index contributed by atoms with van der Waals surface area (Å²) in [5.41, 5.74) is -0.329. The van der Waals surface area contributed by atoms with Gasteiger partial charge in [-0.05, 0) is 51.0 Å². The molecule has 1 aliphatic rings. The van der Waals surface area contributed by atoms with Crippen molar-refractivity contribution in [3.05, 3.63) is 38.9 Å². The van der Waals surface area contributed by atoms with E-state index in [0.717, 1.165) is 26.1 Å². The Balaban J connectivity index is 1.88. The van der Waals surface area contributed by atoms with Crippen LogP contribution in [-0.4, -0.2) is 41.9 Å². The monoisotopic (exact) mass is 311 g/mol. The van der Waals surface area contributed by atoms with E-state index in [-0.39, 0.29) is 16.3 Å². The first kappa shape index (κ1) is 15.7. The highest BCUT2D eigenvalue weighted by Crippen LogP contribution is 2.27. The first-order valence-electron chi connectivity index (χ1n) is 7.03. The number of likely N-dealkylation sites (tertiary alicyclic amines) is 1. The fourth-order valence-electron chi connectivity index (χ4n) is 2.49. The number of amides is 1. The Morgan fingerprint density at radius 1 is 1.38 bits per heavy atom. The Hall–Kier alpha value is -1.66. The van der Waals surface area contributed by atoms with Gasteiger partial charge in [0, 0.05) is 6.54 Å². The molecule has 0 aliphatic carbocycles. The third kappa shape index (κ3) is 4.15. The van der Waals surface area contributed by atoms with E-state index in [9.17, 15) is 14.9 Å². The zero-order valence-corrected chi connectivity index (χ0v) is 12.4. The van der Waals surface area contributed by atoms with Crippen molar-refractivity contribution in [3.63, 3.8) is 0 Å². The van der Waals surface area contributed by atoms with E-state index in [2.05, 4.69) is 10.2 Å². The lowest BCUT2D eigenvalue weighted by atomic mass is 10.1. The number of hydrogen-bond donors (Lipinski definition) is 1. The number of nitrogens with one attached hydrogen (secondary N) is 1. The largest absolute Gasteiger partial charge is 0.352 e. The van der Waals surface area contributed by atoms with Gasteiger partial charge in [0.1, 0.15) is 10.6 Å². The van der Waals surface area contributed by atoms with Crippen molar-refractivity contribution in [1.29, 1.82) is 0 Å². The standard InChI is InChI=1S/C14H18ClN3O3/c15-12-6-3-5-11(13(12)18(20)21)14(19)16-7-4-10-17-8-1-2-9-17/h3,5-6H,1-2,4,7-10H2,(H,16,19). The molecule has 21 heavy (non-hydrogen) atoms. The molecule has 6 nitrogen and oxygen atoms in total. The van der Waals surface area contributed by atoms with Gasteiger partial charge in [-0.25, -0.2) is 0 Å². The number of carbonyl (C=O) groups is 1. The number of nitro benzene ring substituents is 1. The van der Waals surface area contributed by atoms with Crippen molar-refractivity contribution in [1.82, 2.24) is 10.2 Å². The fourth-order valence-corrected chi connectivity index (χ4v) is 2.73. The molecule has 0 spiro atoms. The Morgan fingerprint density at radius 3 is 2.76 bits per heavy atom. The lowest BCUT2D eigenvalue weighted by Gasteiger charge is -2.14. The van der Waals surface area contributed by atoms with Crippen LogP contribution in [0.1, 0.15) is 29.6 Å². The molecular formula is C14H18ClN3O3. The molecule has 1 heterocycles. The van der Waals surface area contributed by atoms with Crippen molar-refractivity contribution < 1.29 is 9.72 Å². The lowest BCUT2D eigenvalue weighted by Crippen LogP contribution is -2.29. The van der Waals surface area contributed by atoms with Gasteiger partial charge in [0.15, 0.2) is 0 Å². The van der Waals surface area contributed by atoms with E-state index in [1.165, 1.54) is 31.0 Å². The number of carbonyl (C=O) groups excluding carboxylic acids is 1. The minimum Gasteiger partial charge on any atom is -0.352 e. The number of benzene rings is 1. The summed E-state index contributed by atoms with van der Waals surface area (Å²) in [7, 11) is 0. The van der Waals surface area contributed by atoms with Crippen molar-refractivity contribution in [2.24, 2.45) is 0 Å². The van der Waals surface area contributed by atoms with E-state index in [1.807, 2.05) is 0 Å². The van der Waals surface area contributed by atoms with Gasteiger partial charge < -0.3 is 10.2 Å². The average molecular weight is 312 g/mol. The van der Waals surface area contributed by atoms with Gasteiger partial charge in [-0.15, -0.1) is 0 Å². The van der Waals surface area contributed by atoms with Gasteiger partial charge >= 0.3 is 5.69 Å². The van der Waals surface area contributed by atoms with E-state index >= 15 is 0 Å². The Labute approximate surface area is 128 Å². The van der Waals surface area contributed by atoms with E-state index in [0.29, 0.717) is 6.54 Å². The van der Waals surface area contributed by atoms with Crippen LogP contribution in [0.4, 0.5) is 5.69 Å². The second-order valence-electron chi connectivity index (χ2n) is 5.05. The molecule has 0 unspecified atom stereocenters. The minimum absolute atomic E-state index is 0.00803. The van der Waals surface area contributed by atoms with Gasteiger partial charge in [-0.3, -0.25) is 14.9 Å². The Kier molecular flexibility index (Phi) is 5.52. The maximum Gasteiger partial charge on any atom is 0.300 e. The van der Waals surface area contributed by atoms with E-state index in [4.69, 9.17) is 11.6 Å². The minimum atomic E-state index is -0.624. The quantitative estimate of drug-likeness (QED) is 0.497. The van der Waals surface area contributed by atoms with Gasteiger partial charge in [-0.2, -0.15) is 0 Å². The number of halogens is 1. The van der Waals surface area contributed by atoms with Crippen molar-refractivity contribution in [2.45, 2.75) is 19.3 Å². The third-order valence-electron chi connectivity index (χ3n) is 3.55. The maximum atomic E-state index is 12.0. The molecule has 7 heteroatoms. The highest BCUT2D eigenvalue weighted by atomic mass is 35.5. The molecule has 114 valence electrons. The highest BCUT2D eigenvalue weighted by molar-refractivity contribution is 6.33. The maximum absolute atomic E-state index is 12.0. The van der Waals surface area contributed by atoms with Crippen molar-refractivity contribution in [2.75, 3.05) is 26.2 Å². The topological polar surface area (TPSA) is 75.5 Å². The molecule has 1 aromatic carbocycles. The van der Waals surface area contributed by atoms with Gasteiger partial charge in [0.25, 0.3) is 5.91 Å². The molecule has 0 aromatic heterocycles. The van der Waals surface area contributed by atoms with Gasteiger partial charge in [0.05, 0.1) is 4.92 Å². The molecule has 0 radical (unpaired) electrons. The Morgan fingerprint density at radius 2 is 2.10 bits per heavy atom. The summed E-state index contributed by atoms with van der Waals surface area (Å²) >= 11 is 5.79. The van der Waals surface area contributed by atoms with Gasteiger partial charge in [-0.1, -0.05) is 17.7 Å². The number of para-hydroxylation sites is 1. The summed E-state index contributed by atoms with van der Waals surface area (Å²) in [6.45, 7) is 3.68. The Bertz CT molecular complexity index is 530. The first-order chi connectivity index (χ1) is 10.1. The van der Waals surface area contributed by atoms with Crippen LogP contribution in [0.25, 0.3) is 0 Å². The molecule has 2 rings (SSSR count). The second kappa shape index (κ2) is 7.38. The lowest BCUT2D eigenvalue weighted by molar-refractivity contribution is -0.385. The molecule has 0 atom stereocenters. The van der Waals surface area contributed by atoms with Crippen LogP contribution >= 0.6 is 11.6 Å². The first-order valence-corrected chi connectivity index (χ1v) is 7.41. The summed E-state index contributed by atoms with van der Waals surface area (Å²) in [6.07, 6.45) is 3.31. The molecule has 0 saturated carbocycles. The van der Waals surface area contributed by atoms with Crippen LogP contribution in [0.5, 0.6) is 0 Å². The highest BCUT2D eigenvalue weighted by Gasteiger charge is 2.23. The van der Waals surface area contributed by atoms with Gasteiger partial charge in [0.2, 0.25) is 0 Å². The predicted octanol–water partition coefficient (Wildman–Crippen LogP) is 2.46. The number of rotatable bonds is 6. The molecule has 1 amide bonds. The molecule has 1 saturated heterocycles. The number of nitrogens with zero attached hydrogens (tertiary/aromatic N) is 2.